The smallest absolute Gasteiger partial charge is 0.00129 e. The van der Waals surface area contributed by atoms with Gasteiger partial charge in [0, 0.05) is 5.92 Å². The fourth-order valence-electron chi connectivity index (χ4n) is 3.32. The Morgan fingerprint density at radius 3 is 2.67 bits per heavy atom. The van der Waals surface area contributed by atoms with Crippen LogP contribution in [0.25, 0.3) is 0 Å². The molecule has 2 rings (SSSR count). The molecule has 2 aliphatic carbocycles. The molecule has 1 saturated carbocycles. The normalized spacial score (nSPS) is 35.9. The third-order valence-corrected chi connectivity index (χ3v) is 4.33. The van der Waals surface area contributed by atoms with Gasteiger partial charge in [0.2, 0.25) is 0 Å². The van der Waals surface area contributed by atoms with Crippen molar-refractivity contribution in [2.45, 2.75) is 47.0 Å². The zero-order valence-electron chi connectivity index (χ0n) is 10.6. The maximum atomic E-state index is 2.55. The molecule has 0 spiro atoms. The van der Waals surface area contributed by atoms with Crippen LogP contribution in [-0.2, 0) is 0 Å². The number of allylic oxidation sites excluding steroid dienone is 4. The van der Waals surface area contributed by atoms with Gasteiger partial charge in [-0.05, 0) is 43.9 Å². The van der Waals surface area contributed by atoms with Crippen molar-refractivity contribution >= 4 is 0 Å². The molecular weight excluding hydrogens is 180 g/mol. The number of rotatable bonds is 1. The molecule has 0 aromatic rings. The molecule has 0 heterocycles. The minimum absolute atomic E-state index is 0.766. The predicted octanol–water partition coefficient (Wildman–Crippen LogP) is 4.58. The summed E-state index contributed by atoms with van der Waals surface area (Å²) in [6.45, 7) is 9.46. The standard InChI is InChI=1S/C15H24/c1-10(2)13-8-6-12(4)14-7-5-11(3)9-15(13)14/h7,9-10,12-13,15H,5-6,8H2,1-4H3/t12-,13+,15?/m1/s1. The molecule has 1 unspecified atom stereocenters. The summed E-state index contributed by atoms with van der Waals surface area (Å²) >= 11 is 0. The second kappa shape index (κ2) is 4.15. The summed E-state index contributed by atoms with van der Waals surface area (Å²) in [6, 6.07) is 0. The largest absolute Gasteiger partial charge is 0.0804 e. The first-order chi connectivity index (χ1) is 7.09. The molecule has 1 fully saturated rings. The van der Waals surface area contributed by atoms with Crippen molar-refractivity contribution in [3.63, 3.8) is 0 Å². The maximum Gasteiger partial charge on any atom is 0.00129 e. The molecule has 0 aliphatic heterocycles. The van der Waals surface area contributed by atoms with Crippen LogP contribution in [0, 0.1) is 23.7 Å². The third kappa shape index (κ3) is 2.04. The van der Waals surface area contributed by atoms with Crippen LogP contribution in [0.5, 0.6) is 0 Å². The minimum atomic E-state index is 0.766. The molecule has 0 heteroatoms. The van der Waals surface area contributed by atoms with Crippen molar-refractivity contribution in [3.05, 3.63) is 23.3 Å². The maximum absolute atomic E-state index is 2.55. The summed E-state index contributed by atoms with van der Waals surface area (Å²) in [5.41, 5.74) is 3.31. The van der Waals surface area contributed by atoms with Crippen molar-refractivity contribution < 1.29 is 0 Å². The molecule has 0 nitrogen and oxygen atoms in total. The summed E-state index contributed by atoms with van der Waals surface area (Å²) in [6.07, 6.45) is 9.08. The highest BCUT2D eigenvalue weighted by molar-refractivity contribution is 5.28. The molecular formula is C15H24. The van der Waals surface area contributed by atoms with Gasteiger partial charge in [0.15, 0.2) is 0 Å². The van der Waals surface area contributed by atoms with Crippen LogP contribution in [-0.4, -0.2) is 0 Å². The van der Waals surface area contributed by atoms with E-state index in [4.69, 9.17) is 0 Å². The second-order valence-corrected chi connectivity index (χ2v) is 5.83. The highest BCUT2D eigenvalue weighted by atomic mass is 14.4. The van der Waals surface area contributed by atoms with Gasteiger partial charge in [-0.3, -0.25) is 0 Å². The zero-order chi connectivity index (χ0) is 11.0. The second-order valence-electron chi connectivity index (χ2n) is 5.83. The van der Waals surface area contributed by atoms with E-state index in [1.807, 2.05) is 0 Å². The topological polar surface area (TPSA) is 0 Å². The Morgan fingerprint density at radius 2 is 2.00 bits per heavy atom. The Labute approximate surface area is 94.5 Å². The van der Waals surface area contributed by atoms with Gasteiger partial charge in [-0.25, -0.2) is 0 Å². The Hall–Kier alpha value is -0.520. The van der Waals surface area contributed by atoms with E-state index in [0.717, 1.165) is 23.7 Å². The van der Waals surface area contributed by atoms with Crippen LogP contribution >= 0.6 is 0 Å². The Morgan fingerprint density at radius 1 is 1.27 bits per heavy atom. The van der Waals surface area contributed by atoms with E-state index in [1.165, 1.54) is 19.3 Å². The van der Waals surface area contributed by atoms with E-state index in [2.05, 4.69) is 39.8 Å². The molecule has 0 radical (unpaired) electrons. The van der Waals surface area contributed by atoms with Crippen molar-refractivity contribution in [2.24, 2.45) is 23.7 Å². The monoisotopic (exact) mass is 204 g/mol. The van der Waals surface area contributed by atoms with E-state index in [1.54, 1.807) is 11.1 Å². The molecule has 3 atom stereocenters. The van der Waals surface area contributed by atoms with Crippen LogP contribution in [0.1, 0.15) is 47.0 Å². The molecule has 0 aromatic heterocycles. The number of hydrogen-bond acceptors (Lipinski definition) is 0. The average Bonchev–Trinajstić information content (AvgIpc) is 2.17. The van der Waals surface area contributed by atoms with E-state index in [9.17, 15) is 0 Å². The lowest BCUT2D eigenvalue weighted by atomic mass is 9.65. The average molecular weight is 204 g/mol. The summed E-state index contributed by atoms with van der Waals surface area (Å²) < 4.78 is 0. The van der Waals surface area contributed by atoms with Gasteiger partial charge in [0.1, 0.15) is 0 Å². The lowest BCUT2D eigenvalue weighted by Gasteiger charge is -2.40. The van der Waals surface area contributed by atoms with Crippen molar-refractivity contribution in [1.82, 2.24) is 0 Å². The van der Waals surface area contributed by atoms with E-state index < -0.39 is 0 Å². The number of fused-ring (bicyclic) bond motifs is 1. The first-order valence-corrected chi connectivity index (χ1v) is 6.47. The Kier molecular flexibility index (Phi) is 3.04. The molecule has 84 valence electrons. The van der Waals surface area contributed by atoms with Gasteiger partial charge >= 0.3 is 0 Å². The van der Waals surface area contributed by atoms with E-state index >= 15 is 0 Å². The first-order valence-electron chi connectivity index (χ1n) is 6.47. The van der Waals surface area contributed by atoms with Crippen LogP contribution in [0.4, 0.5) is 0 Å². The fourth-order valence-corrected chi connectivity index (χ4v) is 3.32. The Balaban J connectivity index is 2.26. The van der Waals surface area contributed by atoms with Gasteiger partial charge in [-0.1, -0.05) is 44.1 Å². The molecule has 15 heavy (non-hydrogen) atoms. The summed E-state index contributed by atoms with van der Waals surface area (Å²) in [7, 11) is 0. The van der Waals surface area contributed by atoms with Gasteiger partial charge in [-0.15, -0.1) is 0 Å². The Bertz CT molecular complexity index is 293. The molecule has 0 bridgehead atoms. The zero-order valence-corrected chi connectivity index (χ0v) is 10.6. The van der Waals surface area contributed by atoms with Crippen LogP contribution in [0.2, 0.25) is 0 Å². The van der Waals surface area contributed by atoms with Crippen molar-refractivity contribution in [2.75, 3.05) is 0 Å². The fraction of sp³-hybridized carbons (Fsp3) is 0.733. The lowest BCUT2D eigenvalue weighted by Crippen LogP contribution is -2.30. The van der Waals surface area contributed by atoms with Gasteiger partial charge in [0.25, 0.3) is 0 Å². The molecule has 0 amide bonds. The molecule has 0 aromatic carbocycles. The van der Waals surface area contributed by atoms with Crippen LogP contribution in [0.15, 0.2) is 23.3 Å². The minimum Gasteiger partial charge on any atom is -0.0804 e. The summed E-state index contributed by atoms with van der Waals surface area (Å²) in [4.78, 5) is 0. The molecule has 2 aliphatic rings. The lowest BCUT2D eigenvalue weighted by molar-refractivity contribution is 0.234. The van der Waals surface area contributed by atoms with Crippen LogP contribution < -0.4 is 0 Å². The first kappa shape index (κ1) is 11.0. The quantitative estimate of drug-likeness (QED) is 0.548. The molecule has 0 saturated heterocycles. The third-order valence-electron chi connectivity index (χ3n) is 4.33. The summed E-state index contributed by atoms with van der Waals surface area (Å²) in [5, 5.41) is 0. The highest BCUT2D eigenvalue weighted by Crippen LogP contribution is 2.45. The number of hydrogen-bond donors (Lipinski definition) is 0. The predicted molar refractivity (Wildman–Crippen MR) is 66.7 cm³/mol. The highest BCUT2D eigenvalue weighted by Gasteiger charge is 2.34. The SMILES string of the molecule is CC1=CC2C(=CC1)[C@H](C)CC[C@H]2C(C)C. The van der Waals surface area contributed by atoms with Crippen molar-refractivity contribution in [1.29, 1.82) is 0 Å². The van der Waals surface area contributed by atoms with Gasteiger partial charge in [0.05, 0.1) is 0 Å². The van der Waals surface area contributed by atoms with E-state index in [-0.39, 0.29) is 0 Å². The van der Waals surface area contributed by atoms with Crippen LogP contribution in [0.3, 0.4) is 0 Å². The van der Waals surface area contributed by atoms with E-state index in [0.29, 0.717) is 0 Å². The van der Waals surface area contributed by atoms with Gasteiger partial charge in [-0.2, -0.15) is 0 Å². The van der Waals surface area contributed by atoms with Gasteiger partial charge < -0.3 is 0 Å². The van der Waals surface area contributed by atoms with Crippen molar-refractivity contribution in [3.8, 4) is 0 Å². The molecule has 0 N–H and O–H groups in total. The summed E-state index contributed by atoms with van der Waals surface area (Å²) in [5.74, 6) is 3.31.